The highest BCUT2D eigenvalue weighted by Gasteiger charge is 2.21. The second kappa shape index (κ2) is 6.07. The van der Waals surface area contributed by atoms with E-state index in [2.05, 4.69) is 44.0 Å². The van der Waals surface area contributed by atoms with Gasteiger partial charge in [-0.05, 0) is 18.6 Å². The number of hydrogen-bond donors (Lipinski definition) is 0. The van der Waals surface area contributed by atoms with Gasteiger partial charge < -0.3 is 14.3 Å². The average molecular weight is 288 g/mol. The summed E-state index contributed by atoms with van der Waals surface area (Å²) in [6.45, 7) is 7.71. The van der Waals surface area contributed by atoms with Crippen LogP contribution in [-0.2, 0) is 0 Å². The third-order valence-corrected chi connectivity index (χ3v) is 3.60. The van der Waals surface area contributed by atoms with Crippen molar-refractivity contribution in [3.63, 3.8) is 0 Å². The fraction of sp³-hybridized carbons (Fsp3) is 0.571. The molecule has 3 heterocycles. The zero-order valence-electron chi connectivity index (χ0n) is 12.4. The van der Waals surface area contributed by atoms with Gasteiger partial charge in [-0.1, -0.05) is 19.0 Å². The molecule has 1 saturated heterocycles. The summed E-state index contributed by atoms with van der Waals surface area (Å²) in [6, 6.07) is 4.53. The lowest BCUT2D eigenvalue weighted by molar-refractivity contribution is 0.404. The van der Waals surface area contributed by atoms with Gasteiger partial charge in [0.1, 0.15) is 0 Å². The third-order valence-electron chi connectivity index (χ3n) is 3.60. The Labute approximate surface area is 124 Å². The molecule has 1 fully saturated rings. The maximum atomic E-state index is 5.38. The minimum Gasteiger partial charge on any atom is -0.353 e. The van der Waals surface area contributed by atoms with Crippen molar-refractivity contribution in [3.8, 4) is 0 Å². The van der Waals surface area contributed by atoms with Crippen molar-refractivity contribution in [2.24, 2.45) is 0 Å². The van der Waals surface area contributed by atoms with E-state index in [9.17, 15) is 0 Å². The Hall–Kier alpha value is -2.18. The highest BCUT2D eigenvalue weighted by molar-refractivity contribution is 5.38. The lowest BCUT2D eigenvalue weighted by Gasteiger charge is -2.21. The Balaban J connectivity index is 1.68. The molecule has 7 nitrogen and oxygen atoms in total. The molecular formula is C14H20N6O. The van der Waals surface area contributed by atoms with Crippen molar-refractivity contribution in [1.82, 2.24) is 20.3 Å². The molecular weight excluding hydrogens is 268 g/mol. The van der Waals surface area contributed by atoms with Gasteiger partial charge in [-0.2, -0.15) is 10.1 Å². The van der Waals surface area contributed by atoms with Crippen LogP contribution in [0.2, 0.25) is 0 Å². The van der Waals surface area contributed by atoms with Crippen LogP contribution in [-0.4, -0.2) is 46.5 Å². The van der Waals surface area contributed by atoms with E-state index < -0.39 is 0 Å². The zero-order valence-corrected chi connectivity index (χ0v) is 12.4. The summed E-state index contributed by atoms with van der Waals surface area (Å²) in [5.41, 5.74) is 0. The summed E-state index contributed by atoms with van der Waals surface area (Å²) < 4.78 is 5.38. The van der Waals surface area contributed by atoms with Crippen molar-refractivity contribution >= 4 is 11.8 Å². The molecule has 21 heavy (non-hydrogen) atoms. The zero-order chi connectivity index (χ0) is 14.7. The van der Waals surface area contributed by atoms with Gasteiger partial charge in [-0.15, -0.1) is 5.10 Å². The van der Waals surface area contributed by atoms with Gasteiger partial charge >= 0.3 is 6.01 Å². The van der Waals surface area contributed by atoms with Crippen molar-refractivity contribution in [2.75, 3.05) is 36.0 Å². The first kappa shape index (κ1) is 13.8. The lowest BCUT2D eigenvalue weighted by Crippen LogP contribution is -2.31. The molecule has 1 aliphatic heterocycles. The van der Waals surface area contributed by atoms with Crippen molar-refractivity contribution < 1.29 is 4.52 Å². The van der Waals surface area contributed by atoms with Crippen molar-refractivity contribution in [3.05, 3.63) is 24.2 Å². The van der Waals surface area contributed by atoms with Crippen molar-refractivity contribution in [2.45, 2.75) is 26.2 Å². The minimum atomic E-state index is 0.283. The molecule has 3 rings (SSSR count). The summed E-state index contributed by atoms with van der Waals surface area (Å²) in [5, 5.41) is 12.2. The van der Waals surface area contributed by atoms with Gasteiger partial charge in [-0.3, -0.25) is 0 Å². The second-order valence-electron chi connectivity index (χ2n) is 5.50. The SMILES string of the molecule is CC(C)c1noc(N2CCCN(c3cccnn3)CC2)n1. The van der Waals surface area contributed by atoms with Crippen LogP contribution in [0.15, 0.2) is 22.9 Å². The predicted octanol–water partition coefficient (Wildman–Crippen LogP) is 1.70. The number of hydrogen-bond acceptors (Lipinski definition) is 7. The van der Waals surface area contributed by atoms with Gasteiger partial charge in [0.15, 0.2) is 11.6 Å². The molecule has 0 amide bonds. The van der Waals surface area contributed by atoms with Crippen molar-refractivity contribution in [1.29, 1.82) is 0 Å². The highest BCUT2D eigenvalue weighted by atomic mass is 16.5. The quantitative estimate of drug-likeness (QED) is 0.851. The van der Waals surface area contributed by atoms with Gasteiger partial charge in [0, 0.05) is 38.3 Å². The number of rotatable bonds is 3. The van der Waals surface area contributed by atoms with Crippen LogP contribution in [0.4, 0.5) is 11.8 Å². The topological polar surface area (TPSA) is 71.2 Å². The molecule has 0 atom stereocenters. The maximum absolute atomic E-state index is 5.38. The normalized spacial score (nSPS) is 16.3. The van der Waals surface area contributed by atoms with E-state index in [1.165, 1.54) is 0 Å². The molecule has 7 heteroatoms. The molecule has 0 N–H and O–H groups in total. The summed E-state index contributed by atoms with van der Waals surface area (Å²) in [7, 11) is 0. The Bertz CT molecular complexity index is 570. The summed E-state index contributed by atoms with van der Waals surface area (Å²) >= 11 is 0. The van der Waals surface area contributed by atoms with Gasteiger partial charge in [0.05, 0.1) is 0 Å². The molecule has 2 aromatic rings. The van der Waals surface area contributed by atoms with E-state index in [0.29, 0.717) is 6.01 Å². The van der Waals surface area contributed by atoms with Crippen LogP contribution in [0.3, 0.4) is 0 Å². The molecule has 0 saturated carbocycles. The minimum absolute atomic E-state index is 0.283. The van der Waals surface area contributed by atoms with Crippen LogP contribution < -0.4 is 9.80 Å². The standard InChI is InChI=1S/C14H20N6O/c1-11(2)13-16-14(21-18-13)20-8-4-7-19(9-10-20)12-5-3-6-15-17-12/h3,5-6,11H,4,7-10H2,1-2H3. The first-order valence-corrected chi connectivity index (χ1v) is 7.35. The predicted molar refractivity (Wildman–Crippen MR) is 79.5 cm³/mol. The Morgan fingerprint density at radius 1 is 1.14 bits per heavy atom. The number of nitrogens with zero attached hydrogens (tertiary/aromatic N) is 6. The average Bonchev–Trinajstić information content (AvgIpc) is 2.87. The maximum Gasteiger partial charge on any atom is 0.324 e. The van der Waals surface area contributed by atoms with Crippen LogP contribution in [0.1, 0.15) is 32.0 Å². The van der Waals surface area contributed by atoms with Crippen LogP contribution in [0, 0.1) is 0 Å². The largest absolute Gasteiger partial charge is 0.353 e. The van der Waals surface area contributed by atoms with Crippen LogP contribution >= 0.6 is 0 Å². The van der Waals surface area contributed by atoms with E-state index in [1.54, 1.807) is 6.20 Å². The molecule has 0 radical (unpaired) electrons. The smallest absolute Gasteiger partial charge is 0.324 e. The fourth-order valence-electron chi connectivity index (χ4n) is 2.39. The fourth-order valence-corrected chi connectivity index (χ4v) is 2.39. The summed E-state index contributed by atoms with van der Waals surface area (Å²) in [5.74, 6) is 1.97. The molecule has 112 valence electrons. The Morgan fingerprint density at radius 3 is 2.67 bits per heavy atom. The molecule has 0 bridgehead atoms. The molecule has 1 aliphatic rings. The Morgan fingerprint density at radius 2 is 1.95 bits per heavy atom. The number of aromatic nitrogens is 4. The summed E-state index contributed by atoms with van der Waals surface area (Å²) in [6.07, 6.45) is 2.72. The first-order valence-electron chi connectivity index (χ1n) is 7.35. The molecule has 0 spiro atoms. The first-order chi connectivity index (χ1) is 10.2. The van der Waals surface area contributed by atoms with E-state index in [-0.39, 0.29) is 5.92 Å². The van der Waals surface area contributed by atoms with E-state index in [1.807, 2.05) is 12.1 Å². The Kier molecular flexibility index (Phi) is 3.98. The molecule has 2 aromatic heterocycles. The molecule has 0 unspecified atom stereocenters. The highest BCUT2D eigenvalue weighted by Crippen LogP contribution is 2.19. The third kappa shape index (κ3) is 3.12. The molecule has 0 aliphatic carbocycles. The molecule has 0 aromatic carbocycles. The van der Waals surface area contributed by atoms with E-state index in [0.717, 1.165) is 44.2 Å². The van der Waals surface area contributed by atoms with Gasteiger partial charge in [-0.25, -0.2) is 0 Å². The lowest BCUT2D eigenvalue weighted by atomic mass is 10.2. The summed E-state index contributed by atoms with van der Waals surface area (Å²) in [4.78, 5) is 8.87. The van der Waals surface area contributed by atoms with E-state index >= 15 is 0 Å². The van der Waals surface area contributed by atoms with Gasteiger partial charge in [0.2, 0.25) is 0 Å². The van der Waals surface area contributed by atoms with Crippen LogP contribution in [0.25, 0.3) is 0 Å². The number of anilines is 2. The van der Waals surface area contributed by atoms with Gasteiger partial charge in [0.25, 0.3) is 0 Å². The monoisotopic (exact) mass is 288 g/mol. The van der Waals surface area contributed by atoms with E-state index in [4.69, 9.17) is 4.52 Å². The second-order valence-corrected chi connectivity index (χ2v) is 5.50. The van der Waals surface area contributed by atoms with Crippen LogP contribution in [0.5, 0.6) is 0 Å².